The van der Waals surface area contributed by atoms with E-state index >= 15 is 0 Å². The van der Waals surface area contributed by atoms with Crippen LogP contribution in [0.15, 0.2) is 42.6 Å². The van der Waals surface area contributed by atoms with Crippen molar-refractivity contribution in [2.24, 2.45) is 0 Å². The molecule has 1 saturated heterocycles. The summed E-state index contributed by atoms with van der Waals surface area (Å²) in [7, 11) is 0. The minimum atomic E-state index is -0.0349. The molecule has 1 aliphatic heterocycles. The Bertz CT molecular complexity index is 762. The topological polar surface area (TPSA) is 72.3 Å². The Hall–Kier alpha value is -2.62. The van der Waals surface area contributed by atoms with Gasteiger partial charge in [0.25, 0.3) is 0 Å². The molecule has 0 unspecified atom stereocenters. The molecule has 0 spiro atoms. The predicted molar refractivity (Wildman–Crippen MR) is 97.7 cm³/mol. The molecule has 0 radical (unpaired) electrons. The van der Waals surface area contributed by atoms with Crippen LogP contribution in [0.1, 0.15) is 5.56 Å². The predicted octanol–water partition coefficient (Wildman–Crippen LogP) is 2.37. The number of piperazine rings is 1. The van der Waals surface area contributed by atoms with Gasteiger partial charge in [-0.05, 0) is 36.4 Å². The smallest absolute Gasteiger partial charge is 0.238 e. The van der Waals surface area contributed by atoms with Crippen LogP contribution in [-0.4, -0.2) is 48.5 Å². The second-order valence-corrected chi connectivity index (χ2v) is 6.27. The third kappa shape index (κ3) is 4.69. The van der Waals surface area contributed by atoms with Crippen molar-refractivity contribution >= 4 is 29.0 Å². The van der Waals surface area contributed by atoms with Crippen LogP contribution >= 0.6 is 11.6 Å². The Labute approximate surface area is 151 Å². The summed E-state index contributed by atoms with van der Waals surface area (Å²) in [5, 5.41) is 12.3. The molecule has 1 N–H and O–H groups in total. The van der Waals surface area contributed by atoms with Crippen molar-refractivity contribution in [3.8, 4) is 6.07 Å². The molecule has 1 fully saturated rings. The average Bonchev–Trinajstić information content (AvgIpc) is 2.64. The highest BCUT2D eigenvalue weighted by atomic mass is 35.5. The van der Waals surface area contributed by atoms with Gasteiger partial charge in [-0.2, -0.15) is 5.26 Å². The fourth-order valence-electron chi connectivity index (χ4n) is 2.71. The number of nitrogens with one attached hydrogen (secondary N) is 1. The van der Waals surface area contributed by atoms with Gasteiger partial charge in [0.2, 0.25) is 5.91 Å². The molecule has 2 aromatic rings. The summed E-state index contributed by atoms with van der Waals surface area (Å²) in [4.78, 5) is 20.7. The first-order valence-electron chi connectivity index (χ1n) is 8.03. The van der Waals surface area contributed by atoms with E-state index in [0.717, 1.165) is 37.7 Å². The number of amides is 1. The van der Waals surface area contributed by atoms with Crippen molar-refractivity contribution in [2.45, 2.75) is 0 Å². The molecule has 0 atom stereocenters. The fourth-order valence-corrected chi connectivity index (χ4v) is 2.84. The minimum Gasteiger partial charge on any atom is -0.354 e. The lowest BCUT2D eigenvalue weighted by Gasteiger charge is -2.35. The number of pyridine rings is 1. The summed E-state index contributed by atoms with van der Waals surface area (Å²) in [6, 6.07) is 12.8. The number of benzene rings is 1. The number of carbonyl (C=O) groups is 1. The lowest BCUT2D eigenvalue weighted by atomic mass is 10.2. The molecule has 1 aromatic heterocycles. The molecular weight excluding hydrogens is 338 g/mol. The number of aromatic nitrogens is 1. The maximum absolute atomic E-state index is 12.1. The molecule has 2 heterocycles. The van der Waals surface area contributed by atoms with Gasteiger partial charge < -0.3 is 10.2 Å². The van der Waals surface area contributed by atoms with E-state index < -0.39 is 0 Å². The van der Waals surface area contributed by atoms with E-state index in [4.69, 9.17) is 16.9 Å². The maximum atomic E-state index is 12.1. The molecule has 6 nitrogen and oxygen atoms in total. The van der Waals surface area contributed by atoms with Gasteiger partial charge in [-0.15, -0.1) is 0 Å². The number of hydrogen-bond donors (Lipinski definition) is 1. The number of nitrogens with zero attached hydrogens (tertiary/aromatic N) is 4. The largest absolute Gasteiger partial charge is 0.354 e. The summed E-state index contributed by atoms with van der Waals surface area (Å²) in [5.74, 6) is 0.830. The third-order valence-corrected chi connectivity index (χ3v) is 4.32. The number of carbonyl (C=O) groups excluding carboxylic acids is 1. The summed E-state index contributed by atoms with van der Waals surface area (Å²) in [5.41, 5.74) is 1.30. The van der Waals surface area contributed by atoms with E-state index in [0.29, 0.717) is 17.1 Å². The number of rotatable bonds is 4. The van der Waals surface area contributed by atoms with Gasteiger partial charge in [-0.3, -0.25) is 9.69 Å². The first-order valence-corrected chi connectivity index (χ1v) is 8.41. The molecule has 1 aromatic carbocycles. The maximum Gasteiger partial charge on any atom is 0.238 e. The summed E-state index contributed by atoms with van der Waals surface area (Å²) in [6.07, 6.45) is 1.58. The highest BCUT2D eigenvalue weighted by Gasteiger charge is 2.19. The molecule has 0 saturated carbocycles. The highest BCUT2D eigenvalue weighted by molar-refractivity contribution is 6.30. The Morgan fingerprint density at radius 3 is 2.48 bits per heavy atom. The summed E-state index contributed by atoms with van der Waals surface area (Å²) < 4.78 is 0. The van der Waals surface area contributed by atoms with Crippen molar-refractivity contribution in [2.75, 3.05) is 42.9 Å². The van der Waals surface area contributed by atoms with Gasteiger partial charge in [-0.25, -0.2) is 4.98 Å². The van der Waals surface area contributed by atoms with Gasteiger partial charge in [0.1, 0.15) is 11.9 Å². The third-order valence-electron chi connectivity index (χ3n) is 4.07. The molecule has 7 heteroatoms. The number of hydrogen-bond acceptors (Lipinski definition) is 5. The van der Waals surface area contributed by atoms with E-state index in [1.807, 2.05) is 6.07 Å². The van der Waals surface area contributed by atoms with Gasteiger partial charge in [-0.1, -0.05) is 11.6 Å². The standard InChI is InChI=1S/C18H18ClN5O/c19-15-2-4-16(5-3-15)22-18(25)13-23-7-9-24(10-8-23)17-6-1-14(11-20)12-21-17/h1-6,12H,7-10,13H2,(H,22,25). The van der Waals surface area contributed by atoms with Crippen LogP contribution in [0.3, 0.4) is 0 Å². The molecule has 1 aliphatic rings. The van der Waals surface area contributed by atoms with Gasteiger partial charge >= 0.3 is 0 Å². The number of halogens is 1. The van der Waals surface area contributed by atoms with Gasteiger partial charge in [0.15, 0.2) is 0 Å². The highest BCUT2D eigenvalue weighted by Crippen LogP contribution is 2.15. The Morgan fingerprint density at radius 1 is 1.16 bits per heavy atom. The van der Waals surface area contributed by atoms with Crippen molar-refractivity contribution < 1.29 is 4.79 Å². The van der Waals surface area contributed by atoms with Crippen LogP contribution in [0.5, 0.6) is 0 Å². The van der Waals surface area contributed by atoms with Crippen LogP contribution in [0.4, 0.5) is 11.5 Å². The first kappa shape index (κ1) is 17.2. The van der Waals surface area contributed by atoms with E-state index in [9.17, 15) is 4.79 Å². The zero-order valence-corrected chi connectivity index (χ0v) is 14.4. The fraction of sp³-hybridized carbons (Fsp3) is 0.278. The van der Waals surface area contributed by atoms with Gasteiger partial charge in [0.05, 0.1) is 12.1 Å². The van der Waals surface area contributed by atoms with Crippen molar-refractivity contribution in [1.29, 1.82) is 5.26 Å². The molecule has 1 amide bonds. The molecule has 0 aliphatic carbocycles. The number of anilines is 2. The second-order valence-electron chi connectivity index (χ2n) is 5.84. The Morgan fingerprint density at radius 2 is 1.88 bits per heavy atom. The van der Waals surface area contributed by atoms with E-state index in [2.05, 4.69) is 26.2 Å². The molecular formula is C18H18ClN5O. The van der Waals surface area contributed by atoms with Crippen LogP contribution < -0.4 is 10.2 Å². The van der Waals surface area contributed by atoms with E-state index in [1.165, 1.54) is 0 Å². The Balaban J connectivity index is 1.47. The van der Waals surface area contributed by atoms with Crippen LogP contribution in [0, 0.1) is 11.3 Å². The summed E-state index contributed by atoms with van der Waals surface area (Å²) >= 11 is 5.84. The second kappa shape index (κ2) is 7.97. The molecule has 128 valence electrons. The molecule has 0 bridgehead atoms. The normalized spacial score (nSPS) is 14.8. The van der Waals surface area contributed by atoms with Gasteiger partial charge in [0, 0.05) is 43.1 Å². The zero-order chi connectivity index (χ0) is 17.6. The zero-order valence-electron chi connectivity index (χ0n) is 13.7. The molecule has 3 rings (SSSR count). The Kier molecular flexibility index (Phi) is 5.49. The van der Waals surface area contributed by atoms with Crippen LogP contribution in [0.2, 0.25) is 5.02 Å². The molecule has 25 heavy (non-hydrogen) atoms. The lowest BCUT2D eigenvalue weighted by molar-refractivity contribution is -0.117. The van der Waals surface area contributed by atoms with Crippen molar-refractivity contribution in [3.63, 3.8) is 0 Å². The summed E-state index contributed by atoms with van der Waals surface area (Å²) in [6.45, 7) is 3.53. The van der Waals surface area contributed by atoms with Crippen LogP contribution in [0.25, 0.3) is 0 Å². The van der Waals surface area contributed by atoms with Crippen LogP contribution in [-0.2, 0) is 4.79 Å². The first-order chi connectivity index (χ1) is 12.1. The van der Waals surface area contributed by atoms with Crippen molar-refractivity contribution in [1.82, 2.24) is 9.88 Å². The van der Waals surface area contributed by atoms with E-state index in [-0.39, 0.29) is 5.91 Å². The minimum absolute atomic E-state index is 0.0349. The lowest BCUT2D eigenvalue weighted by Crippen LogP contribution is -2.48. The monoisotopic (exact) mass is 355 g/mol. The SMILES string of the molecule is N#Cc1ccc(N2CCN(CC(=O)Nc3ccc(Cl)cc3)CC2)nc1. The average molecular weight is 356 g/mol. The quantitative estimate of drug-likeness (QED) is 0.911. The van der Waals surface area contributed by atoms with Crippen molar-refractivity contribution in [3.05, 3.63) is 53.2 Å². The number of nitriles is 1. The van der Waals surface area contributed by atoms with E-state index in [1.54, 1.807) is 36.5 Å².